The van der Waals surface area contributed by atoms with Gasteiger partial charge in [0.15, 0.2) is 17.2 Å². The number of furan rings is 1. The number of fused-ring (bicyclic) bond motifs is 1. The summed E-state index contributed by atoms with van der Waals surface area (Å²) in [5.74, 6) is 1.68. The lowest BCUT2D eigenvalue weighted by Crippen LogP contribution is -2.04. The van der Waals surface area contributed by atoms with Crippen LogP contribution in [0.4, 0.5) is 10.2 Å². The monoisotopic (exact) mass is 285 g/mol. The number of para-hydroxylation sites is 1. The van der Waals surface area contributed by atoms with Crippen LogP contribution < -0.4 is 5.32 Å². The Morgan fingerprint density at radius 2 is 2.10 bits per heavy atom. The van der Waals surface area contributed by atoms with E-state index in [0.717, 1.165) is 29.0 Å². The fraction of sp³-hybridized carbons (Fsp3) is 0.250. The number of nitrogens with zero attached hydrogens (tertiary/aromatic N) is 2. The van der Waals surface area contributed by atoms with Crippen LogP contribution in [0.5, 0.6) is 0 Å². The second-order valence-corrected chi connectivity index (χ2v) is 4.83. The number of hydrogen-bond acceptors (Lipinski definition) is 4. The molecule has 0 atom stereocenters. The smallest absolute Gasteiger partial charge is 0.170 e. The first-order valence-electron chi connectivity index (χ1n) is 6.87. The molecule has 0 aliphatic carbocycles. The second-order valence-electron chi connectivity index (χ2n) is 4.83. The van der Waals surface area contributed by atoms with Crippen molar-refractivity contribution in [2.75, 3.05) is 12.4 Å². The molecule has 3 rings (SSSR count). The maximum absolute atomic E-state index is 13.8. The molecule has 1 N–H and O–H groups in total. The van der Waals surface area contributed by atoms with Gasteiger partial charge >= 0.3 is 0 Å². The zero-order valence-electron chi connectivity index (χ0n) is 12.2. The lowest BCUT2D eigenvalue weighted by Gasteiger charge is -2.09. The summed E-state index contributed by atoms with van der Waals surface area (Å²) >= 11 is 0. The Morgan fingerprint density at radius 1 is 1.29 bits per heavy atom. The third-order valence-electron chi connectivity index (χ3n) is 3.47. The summed E-state index contributed by atoms with van der Waals surface area (Å²) in [5.41, 5.74) is 1.84. The van der Waals surface area contributed by atoms with Gasteiger partial charge in [-0.05, 0) is 19.1 Å². The Kier molecular flexibility index (Phi) is 3.33. The van der Waals surface area contributed by atoms with Crippen molar-refractivity contribution in [3.63, 3.8) is 0 Å². The summed E-state index contributed by atoms with van der Waals surface area (Å²) < 4.78 is 19.4. The van der Waals surface area contributed by atoms with Gasteiger partial charge in [0, 0.05) is 24.4 Å². The van der Waals surface area contributed by atoms with Crippen LogP contribution in [0.1, 0.15) is 18.3 Å². The zero-order chi connectivity index (χ0) is 15.0. The van der Waals surface area contributed by atoms with Gasteiger partial charge in [-0.25, -0.2) is 14.4 Å². The van der Waals surface area contributed by atoms with Crippen molar-refractivity contribution in [3.05, 3.63) is 41.5 Å². The topological polar surface area (TPSA) is 51.0 Å². The van der Waals surface area contributed by atoms with E-state index in [0.29, 0.717) is 11.5 Å². The lowest BCUT2D eigenvalue weighted by atomic mass is 10.1. The summed E-state index contributed by atoms with van der Waals surface area (Å²) in [4.78, 5) is 8.96. The summed E-state index contributed by atoms with van der Waals surface area (Å²) in [7, 11) is 1.82. The first kappa shape index (κ1) is 13.5. The second kappa shape index (κ2) is 5.16. The summed E-state index contributed by atoms with van der Waals surface area (Å²) in [6.45, 7) is 3.91. The Morgan fingerprint density at radius 3 is 2.76 bits per heavy atom. The van der Waals surface area contributed by atoms with Crippen molar-refractivity contribution in [2.45, 2.75) is 20.3 Å². The first-order chi connectivity index (χ1) is 10.1. The van der Waals surface area contributed by atoms with E-state index >= 15 is 0 Å². The highest BCUT2D eigenvalue weighted by Crippen LogP contribution is 2.32. The van der Waals surface area contributed by atoms with Crippen LogP contribution in [0.2, 0.25) is 0 Å². The molecule has 2 aromatic heterocycles. The fourth-order valence-corrected chi connectivity index (χ4v) is 2.35. The Hall–Kier alpha value is -2.43. The van der Waals surface area contributed by atoms with E-state index in [-0.39, 0.29) is 11.4 Å². The predicted molar refractivity (Wildman–Crippen MR) is 80.9 cm³/mol. The Labute approximate surface area is 122 Å². The molecule has 0 aliphatic heterocycles. The molecule has 0 fully saturated rings. The molecular weight excluding hydrogens is 269 g/mol. The van der Waals surface area contributed by atoms with Gasteiger partial charge in [-0.3, -0.25) is 0 Å². The average Bonchev–Trinajstić information content (AvgIpc) is 2.93. The van der Waals surface area contributed by atoms with Crippen LogP contribution in [0.25, 0.3) is 22.4 Å². The van der Waals surface area contributed by atoms with Gasteiger partial charge in [-0.15, -0.1) is 0 Å². The van der Waals surface area contributed by atoms with Gasteiger partial charge < -0.3 is 9.73 Å². The van der Waals surface area contributed by atoms with Crippen molar-refractivity contribution in [1.29, 1.82) is 0 Å². The minimum atomic E-state index is -0.366. The van der Waals surface area contributed by atoms with E-state index < -0.39 is 0 Å². The van der Waals surface area contributed by atoms with Crippen LogP contribution in [0.15, 0.2) is 28.7 Å². The van der Waals surface area contributed by atoms with Gasteiger partial charge in [0.1, 0.15) is 17.3 Å². The molecule has 0 saturated heterocycles. The molecule has 0 unspecified atom stereocenters. The van der Waals surface area contributed by atoms with Crippen LogP contribution in [-0.4, -0.2) is 17.0 Å². The molecule has 1 aromatic carbocycles. The third kappa shape index (κ3) is 2.24. The van der Waals surface area contributed by atoms with Crippen molar-refractivity contribution >= 4 is 16.8 Å². The van der Waals surface area contributed by atoms with Crippen molar-refractivity contribution in [2.24, 2.45) is 0 Å². The molecule has 2 heterocycles. The quantitative estimate of drug-likeness (QED) is 0.792. The maximum atomic E-state index is 13.8. The highest BCUT2D eigenvalue weighted by molar-refractivity contribution is 5.83. The number of halogens is 1. The van der Waals surface area contributed by atoms with Crippen LogP contribution in [0.3, 0.4) is 0 Å². The summed E-state index contributed by atoms with van der Waals surface area (Å²) in [6.07, 6.45) is 0.719. The van der Waals surface area contributed by atoms with Gasteiger partial charge in [0.25, 0.3) is 0 Å². The van der Waals surface area contributed by atoms with Crippen molar-refractivity contribution in [3.8, 4) is 11.5 Å². The predicted octanol–water partition coefficient (Wildman–Crippen LogP) is 3.94. The number of nitrogens with one attached hydrogen (secondary N) is 1. The SMILES string of the molecule is CCc1nc(NC)c(C)c(-c2cc3cccc(F)c3o2)n1. The molecular formula is C16H16FN3O. The molecule has 0 spiro atoms. The van der Waals surface area contributed by atoms with Crippen LogP contribution >= 0.6 is 0 Å². The molecule has 0 amide bonds. The number of benzene rings is 1. The minimum Gasteiger partial charge on any atom is -0.451 e. The van der Waals surface area contributed by atoms with Crippen LogP contribution in [0, 0.1) is 12.7 Å². The average molecular weight is 285 g/mol. The molecule has 5 heteroatoms. The normalized spacial score (nSPS) is 11.0. The molecule has 0 bridgehead atoms. The molecule has 4 nitrogen and oxygen atoms in total. The zero-order valence-corrected chi connectivity index (χ0v) is 12.2. The standard InChI is InChI=1S/C16H16FN3O/c1-4-13-19-14(9(2)16(18-3)20-13)12-8-10-6-5-7-11(17)15(10)21-12/h5-8H,4H2,1-3H3,(H,18,19,20). The summed E-state index contributed by atoms with van der Waals surface area (Å²) in [6, 6.07) is 6.69. The van der Waals surface area contributed by atoms with E-state index in [9.17, 15) is 4.39 Å². The summed E-state index contributed by atoms with van der Waals surface area (Å²) in [5, 5.41) is 3.79. The molecule has 3 aromatic rings. The molecule has 21 heavy (non-hydrogen) atoms. The van der Waals surface area contributed by atoms with Gasteiger partial charge in [-0.2, -0.15) is 0 Å². The van der Waals surface area contributed by atoms with Crippen molar-refractivity contribution in [1.82, 2.24) is 9.97 Å². The molecule has 108 valence electrons. The van der Waals surface area contributed by atoms with E-state index in [1.165, 1.54) is 6.07 Å². The van der Waals surface area contributed by atoms with E-state index in [1.54, 1.807) is 6.07 Å². The number of rotatable bonds is 3. The fourth-order valence-electron chi connectivity index (χ4n) is 2.35. The van der Waals surface area contributed by atoms with Crippen LogP contribution in [-0.2, 0) is 6.42 Å². The van der Waals surface area contributed by atoms with E-state index in [4.69, 9.17) is 4.42 Å². The Balaban J connectivity index is 2.24. The van der Waals surface area contributed by atoms with Gasteiger partial charge in [0.05, 0.1) is 0 Å². The number of anilines is 1. The number of aromatic nitrogens is 2. The molecule has 0 aliphatic rings. The van der Waals surface area contributed by atoms with Gasteiger partial charge in [-0.1, -0.05) is 19.1 Å². The number of hydrogen-bond donors (Lipinski definition) is 1. The third-order valence-corrected chi connectivity index (χ3v) is 3.47. The van der Waals surface area contributed by atoms with E-state index in [2.05, 4.69) is 15.3 Å². The first-order valence-corrected chi connectivity index (χ1v) is 6.87. The molecule has 0 saturated carbocycles. The number of aryl methyl sites for hydroxylation is 1. The largest absolute Gasteiger partial charge is 0.451 e. The minimum absolute atomic E-state index is 0.259. The van der Waals surface area contributed by atoms with Gasteiger partial charge in [0.2, 0.25) is 0 Å². The maximum Gasteiger partial charge on any atom is 0.170 e. The van der Waals surface area contributed by atoms with Crippen molar-refractivity contribution < 1.29 is 8.81 Å². The Bertz CT molecular complexity index is 811. The molecule has 0 radical (unpaired) electrons. The lowest BCUT2D eigenvalue weighted by molar-refractivity contribution is 0.567. The highest BCUT2D eigenvalue weighted by Gasteiger charge is 2.16. The van der Waals surface area contributed by atoms with E-state index in [1.807, 2.05) is 33.0 Å². The highest BCUT2D eigenvalue weighted by atomic mass is 19.1.